The summed E-state index contributed by atoms with van der Waals surface area (Å²) in [7, 11) is 4.63. The van der Waals surface area contributed by atoms with Crippen LogP contribution in [0.1, 0.15) is 67.2 Å². The third kappa shape index (κ3) is 6.59. The summed E-state index contributed by atoms with van der Waals surface area (Å²) in [4.78, 5) is 16.3. The number of carbonyl (C=O) groups excluding carboxylic acids is 1. The van der Waals surface area contributed by atoms with Gasteiger partial charge in [0, 0.05) is 42.6 Å². The van der Waals surface area contributed by atoms with Crippen LogP contribution in [0, 0.1) is 0 Å². The number of aromatic nitrogens is 1. The first kappa shape index (κ1) is 31.1. The van der Waals surface area contributed by atoms with Gasteiger partial charge in [0.2, 0.25) is 11.8 Å². The lowest BCUT2D eigenvalue weighted by atomic mass is 9.77. The van der Waals surface area contributed by atoms with Gasteiger partial charge >= 0.3 is 5.97 Å². The molecule has 4 atom stereocenters. The number of ether oxygens (including phenoxy) is 5. The largest absolute Gasteiger partial charge is 0.493 e. The van der Waals surface area contributed by atoms with Crippen molar-refractivity contribution in [2.24, 2.45) is 0 Å². The second-order valence-electron chi connectivity index (χ2n) is 11.1. The molecule has 0 aliphatic heterocycles. The molecule has 3 aromatic rings. The first-order chi connectivity index (χ1) is 21.2. The molecular weight excluding hydrogens is 570 g/mol. The number of carbonyl (C=O) groups is 1. The molecule has 44 heavy (non-hydrogen) atoms. The summed E-state index contributed by atoms with van der Waals surface area (Å²) in [5.41, 5.74) is 6.31. The smallest absolute Gasteiger partial charge is 0.302 e. The van der Waals surface area contributed by atoms with Crippen LogP contribution in [-0.2, 0) is 9.53 Å². The standard InChI is InChI=1S/C34H38F2N2O6/c1-19-24-8-6-7-9-25(24)33(22-15-31(41-4)38-32(16-22)42-5)34(19)37-27-12-11-23(44-20(2)39)17-26(27)21-10-13-28(40-3)29(14-21)43-18-30(35)36/h6-10,13-16,23,26-27,30,33,37H,11-12,17-18H2,1-5H3. The molecule has 0 saturated heterocycles. The van der Waals surface area contributed by atoms with Crippen LogP contribution in [-0.4, -0.2) is 57.5 Å². The van der Waals surface area contributed by atoms with E-state index in [0.717, 1.165) is 33.5 Å². The average Bonchev–Trinajstić information content (AvgIpc) is 3.30. The molecule has 5 rings (SSSR count). The number of hydrogen-bond acceptors (Lipinski definition) is 8. The van der Waals surface area contributed by atoms with E-state index in [1.165, 1.54) is 14.0 Å². The lowest BCUT2D eigenvalue weighted by molar-refractivity contribution is -0.148. The van der Waals surface area contributed by atoms with Crippen LogP contribution in [0.3, 0.4) is 0 Å². The van der Waals surface area contributed by atoms with Crippen LogP contribution in [0.5, 0.6) is 23.3 Å². The maximum absolute atomic E-state index is 13.0. The van der Waals surface area contributed by atoms with Gasteiger partial charge in [0.1, 0.15) is 12.7 Å². The zero-order valence-corrected chi connectivity index (χ0v) is 25.6. The fourth-order valence-electron chi connectivity index (χ4n) is 6.43. The van der Waals surface area contributed by atoms with Crippen LogP contribution in [0.4, 0.5) is 8.78 Å². The fourth-order valence-corrected chi connectivity index (χ4v) is 6.43. The van der Waals surface area contributed by atoms with Gasteiger partial charge in [0.05, 0.1) is 21.3 Å². The number of methoxy groups -OCH3 is 3. The van der Waals surface area contributed by atoms with E-state index in [-0.39, 0.29) is 35.7 Å². The molecule has 1 saturated carbocycles. The van der Waals surface area contributed by atoms with Crippen molar-refractivity contribution in [3.05, 3.63) is 82.5 Å². The van der Waals surface area contributed by atoms with Crippen molar-refractivity contribution in [3.63, 3.8) is 0 Å². The molecule has 1 aromatic heterocycles. The fraction of sp³-hybridized carbons (Fsp3) is 0.412. The lowest BCUT2D eigenvalue weighted by Crippen LogP contribution is -2.42. The summed E-state index contributed by atoms with van der Waals surface area (Å²) in [6, 6.07) is 17.5. The average molecular weight is 609 g/mol. The number of rotatable bonds is 11. The molecule has 0 radical (unpaired) electrons. The molecule has 2 aromatic carbocycles. The Bertz CT molecular complexity index is 1510. The van der Waals surface area contributed by atoms with Gasteiger partial charge in [0.15, 0.2) is 11.5 Å². The van der Waals surface area contributed by atoms with Gasteiger partial charge in [-0.1, -0.05) is 30.3 Å². The number of fused-ring (bicyclic) bond motifs is 1. The Morgan fingerprint density at radius 3 is 2.34 bits per heavy atom. The molecule has 8 nitrogen and oxygen atoms in total. The third-order valence-electron chi connectivity index (χ3n) is 8.38. The Morgan fingerprint density at radius 1 is 0.955 bits per heavy atom. The highest BCUT2D eigenvalue weighted by Crippen LogP contribution is 2.47. The lowest BCUT2D eigenvalue weighted by Gasteiger charge is -2.38. The zero-order valence-electron chi connectivity index (χ0n) is 25.6. The molecule has 0 bridgehead atoms. The maximum Gasteiger partial charge on any atom is 0.302 e. The molecule has 4 unspecified atom stereocenters. The van der Waals surface area contributed by atoms with Gasteiger partial charge in [-0.05, 0) is 66.1 Å². The third-order valence-corrected chi connectivity index (χ3v) is 8.38. The summed E-state index contributed by atoms with van der Waals surface area (Å²) in [6.45, 7) is 2.78. The first-order valence-electron chi connectivity index (χ1n) is 14.6. The van der Waals surface area contributed by atoms with E-state index in [4.69, 9.17) is 23.7 Å². The van der Waals surface area contributed by atoms with Crippen molar-refractivity contribution in [1.82, 2.24) is 10.3 Å². The number of benzene rings is 2. The van der Waals surface area contributed by atoms with E-state index in [1.807, 2.05) is 30.3 Å². The van der Waals surface area contributed by atoms with E-state index < -0.39 is 13.0 Å². The van der Waals surface area contributed by atoms with E-state index >= 15 is 0 Å². The Labute approximate surface area is 256 Å². The van der Waals surface area contributed by atoms with Crippen LogP contribution in [0.15, 0.2) is 60.3 Å². The molecule has 10 heteroatoms. The summed E-state index contributed by atoms with van der Waals surface area (Å²) >= 11 is 0. The maximum atomic E-state index is 13.0. The van der Waals surface area contributed by atoms with Gasteiger partial charge < -0.3 is 29.0 Å². The van der Waals surface area contributed by atoms with Gasteiger partial charge in [-0.2, -0.15) is 4.98 Å². The number of alkyl halides is 2. The molecular formula is C34H38F2N2O6. The summed E-state index contributed by atoms with van der Waals surface area (Å²) < 4.78 is 53.6. The van der Waals surface area contributed by atoms with Crippen LogP contribution < -0.4 is 24.3 Å². The molecule has 1 fully saturated rings. The second-order valence-corrected chi connectivity index (χ2v) is 11.1. The minimum Gasteiger partial charge on any atom is -0.493 e. The van der Waals surface area contributed by atoms with Crippen LogP contribution in [0.25, 0.3) is 5.57 Å². The van der Waals surface area contributed by atoms with Crippen LogP contribution in [0.2, 0.25) is 0 Å². The van der Waals surface area contributed by atoms with Crippen molar-refractivity contribution >= 4 is 11.5 Å². The first-order valence-corrected chi connectivity index (χ1v) is 14.6. The Kier molecular flexibility index (Phi) is 9.56. The number of allylic oxidation sites excluding steroid dienone is 2. The highest BCUT2D eigenvalue weighted by molar-refractivity contribution is 5.78. The van der Waals surface area contributed by atoms with Crippen molar-refractivity contribution in [2.75, 3.05) is 27.9 Å². The topological polar surface area (TPSA) is 88.1 Å². The molecule has 1 N–H and O–H groups in total. The predicted molar refractivity (Wildman–Crippen MR) is 162 cm³/mol. The molecule has 2 aliphatic rings. The van der Waals surface area contributed by atoms with E-state index in [2.05, 4.69) is 29.4 Å². The predicted octanol–water partition coefficient (Wildman–Crippen LogP) is 6.49. The number of pyridine rings is 1. The van der Waals surface area contributed by atoms with Crippen LogP contribution >= 0.6 is 0 Å². The number of nitrogens with one attached hydrogen (secondary N) is 1. The van der Waals surface area contributed by atoms with Gasteiger partial charge in [-0.3, -0.25) is 4.79 Å². The molecule has 234 valence electrons. The quantitative estimate of drug-likeness (QED) is 0.248. The van der Waals surface area contributed by atoms with Gasteiger partial charge in [-0.25, -0.2) is 8.78 Å². The van der Waals surface area contributed by atoms with Crippen molar-refractivity contribution < 1.29 is 37.3 Å². The minimum atomic E-state index is -2.62. The zero-order chi connectivity index (χ0) is 31.4. The normalized spacial score (nSPS) is 21.1. The van der Waals surface area contributed by atoms with Gasteiger partial charge in [0.25, 0.3) is 6.43 Å². The molecule has 0 spiro atoms. The Balaban J connectivity index is 1.54. The number of esters is 1. The second kappa shape index (κ2) is 13.5. The van der Waals surface area contributed by atoms with E-state index in [9.17, 15) is 13.6 Å². The van der Waals surface area contributed by atoms with Crippen molar-refractivity contribution in [3.8, 4) is 23.3 Å². The SMILES string of the molecule is COc1cc(C2C(NC3CCC(OC(C)=O)CC3c3ccc(OC)c(OCC(F)F)c3)=C(C)c3ccccc32)cc(OC)n1. The number of hydrogen-bond donors (Lipinski definition) is 1. The summed E-state index contributed by atoms with van der Waals surface area (Å²) in [5.74, 6) is 0.933. The molecule has 2 aliphatic carbocycles. The number of halogens is 2. The minimum absolute atomic E-state index is 0.0643. The Morgan fingerprint density at radius 2 is 1.68 bits per heavy atom. The van der Waals surface area contributed by atoms with Gasteiger partial charge in [-0.15, -0.1) is 0 Å². The Hall–Kier alpha value is -4.34. The van der Waals surface area contributed by atoms with Crippen molar-refractivity contribution in [1.29, 1.82) is 0 Å². The molecule has 1 heterocycles. The number of nitrogens with zero attached hydrogens (tertiary/aromatic N) is 1. The van der Waals surface area contributed by atoms with E-state index in [1.54, 1.807) is 26.4 Å². The monoisotopic (exact) mass is 608 g/mol. The summed E-state index contributed by atoms with van der Waals surface area (Å²) in [6.07, 6.45) is -0.950. The summed E-state index contributed by atoms with van der Waals surface area (Å²) in [5, 5.41) is 3.90. The van der Waals surface area contributed by atoms with Crippen molar-refractivity contribution in [2.45, 2.75) is 63.5 Å². The molecule has 0 amide bonds. The highest BCUT2D eigenvalue weighted by atomic mass is 19.3. The van der Waals surface area contributed by atoms with E-state index in [0.29, 0.717) is 36.8 Å². The highest BCUT2D eigenvalue weighted by Gasteiger charge is 2.38.